The second kappa shape index (κ2) is 6.92. The van der Waals surface area contributed by atoms with Gasteiger partial charge in [0, 0.05) is 29.1 Å². The Morgan fingerprint density at radius 1 is 1.38 bits per heavy atom. The molecule has 1 amide bonds. The molecule has 1 fully saturated rings. The molecule has 1 aliphatic heterocycles. The van der Waals surface area contributed by atoms with Crippen molar-refractivity contribution in [2.75, 3.05) is 25.2 Å². The first-order valence-corrected chi connectivity index (χ1v) is 10.2. The number of nitrogens with zero attached hydrogens (tertiary/aromatic N) is 1. The van der Waals surface area contributed by atoms with Gasteiger partial charge >= 0.3 is 5.97 Å². The summed E-state index contributed by atoms with van der Waals surface area (Å²) in [5, 5.41) is 1.22. The number of hydrogen-bond acceptors (Lipinski definition) is 6. The highest BCUT2D eigenvalue weighted by Crippen LogP contribution is 2.28. The number of carbonyl (C=O) groups excluding carboxylic acids is 2. The third-order valence-corrected chi connectivity index (χ3v) is 6.55. The summed E-state index contributed by atoms with van der Waals surface area (Å²) in [6, 6.07) is 4.60. The van der Waals surface area contributed by atoms with Gasteiger partial charge < -0.3 is 14.1 Å². The van der Waals surface area contributed by atoms with E-state index in [0.29, 0.717) is 28.0 Å². The van der Waals surface area contributed by atoms with Gasteiger partial charge in [0.25, 0.3) is 5.91 Å². The monoisotopic (exact) mass is 399 g/mol. The number of fused-ring (bicyclic) bond motifs is 1. The molecule has 0 unspecified atom stereocenters. The predicted octanol–water partition coefficient (Wildman–Crippen LogP) is 2.20. The molecular formula is C17H18ClNO6S. The molecule has 1 atom stereocenters. The van der Waals surface area contributed by atoms with E-state index in [1.807, 2.05) is 0 Å². The van der Waals surface area contributed by atoms with E-state index in [-0.39, 0.29) is 23.3 Å². The minimum Gasteiger partial charge on any atom is -0.450 e. The lowest BCUT2D eigenvalue weighted by molar-refractivity contribution is -0.134. The number of likely N-dealkylation sites (N-methyl/N-ethyl adjacent to an activating group) is 1. The summed E-state index contributed by atoms with van der Waals surface area (Å²) in [4.78, 5) is 25.8. The Morgan fingerprint density at radius 3 is 2.77 bits per heavy atom. The number of carbonyl (C=O) groups is 2. The van der Waals surface area contributed by atoms with Crippen molar-refractivity contribution in [3.05, 3.63) is 34.5 Å². The molecule has 1 aromatic carbocycles. The molecule has 7 nitrogen and oxygen atoms in total. The lowest BCUT2D eigenvalue weighted by Crippen LogP contribution is -2.40. The number of furan rings is 1. The number of halogens is 1. The SMILES string of the molecule is Cc1c(C(=O)OCC(=O)N(C)[C@H]2CCS(=O)(=O)C2)oc2ccc(Cl)cc12. The zero-order valence-electron chi connectivity index (χ0n) is 14.3. The number of aryl methyl sites for hydroxylation is 1. The fraction of sp³-hybridized carbons (Fsp3) is 0.412. The summed E-state index contributed by atoms with van der Waals surface area (Å²) >= 11 is 5.95. The van der Waals surface area contributed by atoms with Gasteiger partial charge in [0.2, 0.25) is 5.76 Å². The number of benzene rings is 1. The molecule has 0 N–H and O–H groups in total. The summed E-state index contributed by atoms with van der Waals surface area (Å²) in [6.45, 7) is 1.22. The van der Waals surface area contributed by atoms with Crippen molar-refractivity contribution in [1.82, 2.24) is 4.90 Å². The highest BCUT2D eigenvalue weighted by Gasteiger charge is 2.33. The third-order valence-electron chi connectivity index (χ3n) is 4.56. The van der Waals surface area contributed by atoms with E-state index >= 15 is 0 Å². The number of esters is 1. The number of hydrogen-bond donors (Lipinski definition) is 0. The average molecular weight is 400 g/mol. The van der Waals surface area contributed by atoms with Crippen LogP contribution in [0, 0.1) is 6.92 Å². The second-order valence-corrected chi connectivity index (χ2v) is 9.00. The normalized spacial score (nSPS) is 18.8. The van der Waals surface area contributed by atoms with Gasteiger partial charge in [-0.05, 0) is 31.5 Å². The van der Waals surface area contributed by atoms with Crippen molar-refractivity contribution in [2.24, 2.45) is 0 Å². The Hall–Kier alpha value is -2.06. The fourth-order valence-corrected chi connectivity index (χ4v) is 4.91. The van der Waals surface area contributed by atoms with Crippen molar-refractivity contribution < 1.29 is 27.2 Å². The molecule has 0 bridgehead atoms. The molecule has 9 heteroatoms. The molecular weight excluding hydrogens is 382 g/mol. The van der Waals surface area contributed by atoms with Crippen molar-refractivity contribution >= 4 is 44.3 Å². The van der Waals surface area contributed by atoms with E-state index in [2.05, 4.69) is 0 Å². The zero-order chi connectivity index (χ0) is 19.1. The standard InChI is InChI=1S/C17H18ClNO6S/c1-10-13-7-11(18)3-4-14(13)25-16(10)17(21)24-8-15(20)19(2)12-5-6-26(22,23)9-12/h3-4,7,12H,5-6,8-9H2,1-2H3/t12-/m0/s1. The van der Waals surface area contributed by atoms with Crippen LogP contribution in [-0.2, 0) is 19.4 Å². The topological polar surface area (TPSA) is 93.9 Å². The quantitative estimate of drug-likeness (QED) is 0.731. The number of amides is 1. The van der Waals surface area contributed by atoms with Gasteiger partial charge in [-0.25, -0.2) is 13.2 Å². The van der Waals surface area contributed by atoms with Crippen LogP contribution in [0.1, 0.15) is 22.5 Å². The van der Waals surface area contributed by atoms with Gasteiger partial charge in [-0.1, -0.05) is 11.6 Å². The van der Waals surface area contributed by atoms with Crippen LogP contribution in [0.3, 0.4) is 0 Å². The average Bonchev–Trinajstić information content (AvgIpc) is 3.11. The lowest BCUT2D eigenvalue weighted by Gasteiger charge is -2.23. The molecule has 0 saturated carbocycles. The maximum Gasteiger partial charge on any atom is 0.375 e. The lowest BCUT2D eigenvalue weighted by atomic mass is 10.1. The molecule has 2 aromatic rings. The Bertz CT molecular complexity index is 981. The molecule has 1 aliphatic rings. The Morgan fingerprint density at radius 2 is 2.12 bits per heavy atom. The molecule has 3 rings (SSSR count). The van der Waals surface area contributed by atoms with Crippen molar-refractivity contribution in [2.45, 2.75) is 19.4 Å². The first kappa shape index (κ1) is 18.7. The smallest absolute Gasteiger partial charge is 0.375 e. The predicted molar refractivity (Wildman–Crippen MR) is 96.1 cm³/mol. The summed E-state index contributed by atoms with van der Waals surface area (Å²) in [5.41, 5.74) is 1.08. The van der Waals surface area contributed by atoms with Crippen molar-refractivity contribution in [1.29, 1.82) is 0 Å². The second-order valence-electron chi connectivity index (χ2n) is 6.33. The van der Waals surface area contributed by atoms with Gasteiger partial charge in [0.15, 0.2) is 16.4 Å². The van der Waals surface area contributed by atoms with E-state index < -0.39 is 28.3 Å². The summed E-state index contributed by atoms with van der Waals surface area (Å²) in [7, 11) is -1.59. The van der Waals surface area contributed by atoms with Gasteiger partial charge in [-0.3, -0.25) is 4.79 Å². The van der Waals surface area contributed by atoms with Crippen LogP contribution in [-0.4, -0.2) is 56.4 Å². The first-order valence-electron chi connectivity index (χ1n) is 8.00. The maximum absolute atomic E-state index is 12.3. The third kappa shape index (κ3) is 3.71. The van der Waals surface area contributed by atoms with Crippen LogP contribution >= 0.6 is 11.6 Å². The Balaban J connectivity index is 1.65. The van der Waals surface area contributed by atoms with Gasteiger partial charge in [-0.15, -0.1) is 0 Å². The highest BCUT2D eigenvalue weighted by atomic mass is 35.5. The van der Waals surface area contributed by atoms with Crippen LogP contribution in [0.2, 0.25) is 5.02 Å². The molecule has 1 saturated heterocycles. The van der Waals surface area contributed by atoms with Crippen LogP contribution < -0.4 is 0 Å². The molecule has 140 valence electrons. The molecule has 0 spiro atoms. The van der Waals surface area contributed by atoms with E-state index in [1.54, 1.807) is 25.1 Å². The number of sulfone groups is 1. The van der Waals surface area contributed by atoms with E-state index in [0.717, 1.165) is 0 Å². The molecule has 0 aliphatic carbocycles. The largest absolute Gasteiger partial charge is 0.450 e. The number of ether oxygens (including phenoxy) is 1. The van der Waals surface area contributed by atoms with Gasteiger partial charge in [-0.2, -0.15) is 0 Å². The van der Waals surface area contributed by atoms with Gasteiger partial charge in [0.05, 0.1) is 11.5 Å². The Labute approximate surface area is 155 Å². The Kier molecular flexibility index (Phi) is 4.98. The van der Waals surface area contributed by atoms with Gasteiger partial charge in [0.1, 0.15) is 5.58 Å². The molecule has 26 heavy (non-hydrogen) atoms. The van der Waals surface area contributed by atoms with E-state index in [9.17, 15) is 18.0 Å². The maximum atomic E-state index is 12.3. The zero-order valence-corrected chi connectivity index (χ0v) is 15.9. The summed E-state index contributed by atoms with van der Waals surface area (Å²) in [5.74, 6) is -1.20. The van der Waals surface area contributed by atoms with Crippen LogP contribution in [0.25, 0.3) is 11.0 Å². The van der Waals surface area contributed by atoms with Crippen LogP contribution in [0.5, 0.6) is 0 Å². The van der Waals surface area contributed by atoms with Crippen LogP contribution in [0.15, 0.2) is 22.6 Å². The highest BCUT2D eigenvalue weighted by molar-refractivity contribution is 7.91. The molecule has 0 radical (unpaired) electrons. The van der Waals surface area contributed by atoms with E-state index in [1.165, 1.54) is 11.9 Å². The van der Waals surface area contributed by atoms with E-state index in [4.69, 9.17) is 20.8 Å². The minimum absolute atomic E-state index is 0.0150. The van der Waals surface area contributed by atoms with Crippen molar-refractivity contribution in [3.8, 4) is 0 Å². The van der Waals surface area contributed by atoms with Crippen LogP contribution in [0.4, 0.5) is 0 Å². The number of rotatable bonds is 4. The molecule has 1 aromatic heterocycles. The molecule has 2 heterocycles. The van der Waals surface area contributed by atoms with Crippen molar-refractivity contribution in [3.63, 3.8) is 0 Å². The summed E-state index contributed by atoms with van der Waals surface area (Å²) < 4.78 is 33.6. The minimum atomic E-state index is -3.10. The fourth-order valence-electron chi connectivity index (χ4n) is 2.97. The summed E-state index contributed by atoms with van der Waals surface area (Å²) in [6.07, 6.45) is 0.391. The first-order chi connectivity index (χ1) is 12.2.